The summed E-state index contributed by atoms with van der Waals surface area (Å²) in [5.74, 6) is 0.733. The number of carbonyl (C=O) groups excluding carboxylic acids is 1. The number of rotatable bonds is 2. The van der Waals surface area contributed by atoms with E-state index < -0.39 is 0 Å². The van der Waals surface area contributed by atoms with E-state index in [2.05, 4.69) is 11.4 Å². The molecule has 0 bridgehead atoms. The van der Waals surface area contributed by atoms with Gasteiger partial charge in [-0.3, -0.25) is 4.79 Å². The van der Waals surface area contributed by atoms with Crippen molar-refractivity contribution < 1.29 is 4.79 Å². The second-order valence-electron chi connectivity index (χ2n) is 4.49. The largest absolute Gasteiger partial charge is 0.307 e. The topological polar surface area (TPSA) is 33.5 Å². The fourth-order valence-electron chi connectivity index (χ4n) is 2.19. The van der Waals surface area contributed by atoms with Crippen molar-refractivity contribution >= 4 is 17.2 Å². The molecule has 3 heteroatoms. The summed E-state index contributed by atoms with van der Waals surface area (Å²) in [6.07, 6.45) is 1.95. The van der Waals surface area contributed by atoms with E-state index in [4.69, 9.17) is 0 Å². The fourth-order valence-corrected chi connectivity index (χ4v) is 2.19. The molecule has 1 amide bonds. The standard InChI is InChI=1S/C16H14N2O/c1-12-11-14-9-5-6-10-18(14)15(12)17-16(19)13-7-3-2-4-8-13/h2-11H,1H3,(H,17,19). The predicted molar refractivity (Wildman–Crippen MR) is 76.5 cm³/mol. The van der Waals surface area contributed by atoms with Gasteiger partial charge in [-0.25, -0.2) is 0 Å². The highest BCUT2D eigenvalue weighted by Gasteiger charge is 2.11. The number of hydrogen-bond donors (Lipinski definition) is 1. The maximum absolute atomic E-state index is 12.2. The molecule has 19 heavy (non-hydrogen) atoms. The third-order valence-corrected chi connectivity index (χ3v) is 3.14. The SMILES string of the molecule is Cc1cc2ccccn2c1NC(=O)c1ccccc1. The highest BCUT2D eigenvalue weighted by atomic mass is 16.1. The van der Waals surface area contributed by atoms with Gasteiger partial charge in [0.05, 0.1) is 0 Å². The molecular weight excluding hydrogens is 236 g/mol. The molecule has 0 aliphatic carbocycles. The van der Waals surface area contributed by atoms with Crippen LogP contribution in [0.25, 0.3) is 5.52 Å². The van der Waals surface area contributed by atoms with Crippen molar-refractivity contribution in [1.82, 2.24) is 4.40 Å². The van der Waals surface area contributed by atoms with Crippen LogP contribution in [0.5, 0.6) is 0 Å². The molecule has 1 aromatic carbocycles. The molecule has 0 spiro atoms. The summed E-state index contributed by atoms with van der Waals surface area (Å²) in [5.41, 5.74) is 2.78. The van der Waals surface area contributed by atoms with E-state index >= 15 is 0 Å². The van der Waals surface area contributed by atoms with Crippen LogP contribution in [0.1, 0.15) is 15.9 Å². The highest BCUT2D eigenvalue weighted by Crippen LogP contribution is 2.21. The molecule has 3 rings (SSSR count). The Morgan fingerprint density at radius 2 is 1.79 bits per heavy atom. The molecule has 0 atom stereocenters. The molecule has 0 fully saturated rings. The molecule has 0 saturated carbocycles. The first-order chi connectivity index (χ1) is 9.25. The minimum atomic E-state index is -0.0902. The van der Waals surface area contributed by atoms with Gasteiger partial charge in [0.25, 0.3) is 5.91 Å². The number of nitrogens with one attached hydrogen (secondary N) is 1. The van der Waals surface area contributed by atoms with Crippen molar-refractivity contribution in [2.75, 3.05) is 5.32 Å². The quantitative estimate of drug-likeness (QED) is 0.742. The molecule has 0 aliphatic rings. The number of pyridine rings is 1. The normalized spacial score (nSPS) is 10.6. The molecule has 2 aromatic heterocycles. The first-order valence-corrected chi connectivity index (χ1v) is 6.19. The number of fused-ring (bicyclic) bond motifs is 1. The first-order valence-electron chi connectivity index (χ1n) is 6.19. The summed E-state index contributed by atoms with van der Waals surface area (Å²) < 4.78 is 1.98. The zero-order valence-corrected chi connectivity index (χ0v) is 10.6. The summed E-state index contributed by atoms with van der Waals surface area (Å²) in [5, 5.41) is 2.97. The third kappa shape index (κ3) is 2.10. The number of nitrogens with zero attached hydrogens (tertiary/aromatic N) is 1. The Balaban J connectivity index is 1.98. The van der Waals surface area contributed by atoms with Crippen molar-refractivity contribution in [3.63, 3.8) is 0 Å². The molecular formula is C16H14N2O. The molecule has 1 N–H and O–H groups in total. The minimum Gasteiger partial charge on any atom is -0.307 e. The van der Waals surface area contributed by atoms with Crippen molar-refractivity contribution in [3.05, 3.63) is 71.9 Å². The van der Waals surface area contributed by atoms with Crippen LogP contribution in [0.15, 0.2) is 60.8 Å². The number of benzene rings is 1. The summed E-state index contributed by atoms with van der Waals surface area (Å²) >= 11 is 0. The van der Waals surface area contributed by atoms with E-state index in [1.54, 1.807) is 12.1 Å². The molecule has 2 heterocycles. The lowest BCUT2D eigenvalue weighted by molar-refractivity contribution is 0.102. The Bertz CT molecular complexity index is 729. The Morgan fingerprint density at radius 3 is 2.58 bits per heavy atom. The van der Waals surface area contributed by atoms with Crippen LogP contribution >= 0.6 is 0 Å². The van der Waals surface area contributed by atoms with Gasteiger partial charge in [-0.15, -0.1) is 0 Å². The lowest BCUT2D eigenvalue weighted by Gasteiger charge is -2.07. The summed E-state index contributed by atoms with van der Waals surface area (Å²) in [6, 6.07) is 17.2. The van der Waals surface area contributed by atoms with Crippen LogP contribution in [0.2, 0.25) is 0 Å². The van der Waals surface area contributed by atoms with Gasteiger partial charge in [0.15, 0.2) is 0 Å². The predicted octanol–water partition coefficient (Wildman–Crippen LogP) is 3.50. The second kappa shape index (κ2) is 4.61. The van der Waals surface area contributed by atoms with Crippen molar-refractivity contribution in [3.8, 4) is 0 Å². The molecule has 0 radical (unpaired) electrons. The van der Waals surface area contributed by atoms with Crippen molar-refractivity contribution in [2.45, 2.75) is 6.92 Å². The molecule has 0 unspecified atom stereocenters. The highest BCUT2D eigenvalue weighted by molar-refractivity contribution is 6.04. The molecule has 94 valence electrons. The van der Waals surface area contributed by atoms with Crippen LogP contribution in [-0.4, -0.2) is 10.3 Å². The van der Waals surface area contributed by atoms with Crippen LogP contribution in [0.3, 0.4) is 0 Å². The summed E-state index contributed by atoms with van der Waals surface area (Å²) in [6.45, 7) is 1.99. The number of aryl methyl sites for hydroxylation is 1. The number of amides is 1. The molecule has 0 saturated heterocycles. The van der Waals surface area contributed by atoms with Gasteiger partial charge in [-0.1, -0.05) is 24.3 Å². The average molecular weight is 250 g/mol. The number of anilines is 1. The molecule has 3 nitrogen and oxygen atoms in total. The number of carbonyl (C=O) groups is 1. The van der Waals surface area contributed by atoms with Gasteiger partial charge in [-0.2, -0.15) is 0 Å². The smallest absolute Gasteiger partial charge is 0.256 e. The Hall–Kier alpha value is -2.55. The van der Waals surface area contributed by atoms with Gasteiger partial charge in [-0.05, 0) is 42.8 Å². The van der Waals surface area contributed by atoms with E-state index in [1.807, 2.05) is 53.9 Å². The lowest BCUT2D eigenvalue weighted by atomic mass is 10.2. The Morgan fingerprint density at radius 1 is 1.05 bits per heavy atom. The van der Waals surface area contributed by atoms with Crippen molar-refractivity contribution in [2.24, 2.45) is 0 Å². The van der Waals surface area contributed by atoms with Gasteiger partial charge in [0.1, 0.15) is 5.82 Å². The van der Waals surface area contributed by atoms with E-state index in [0.29, 0.717) is 5.56 Å². The maximum atomic E-state index is 12.2. The van der Waals surface area contributed by atoms with E-state index in [0.717, 1.165) is 16.9 Å². The fraction of sp³-hybridized carbons (Fsp3) is 0.0625. The number of aromatic nitrogens is 1. The molecule has 3 aromatic rings. The van der Waals surface area contributed by atoms with Crippen LogP contribution in [0.4, 0.5) is 5.82 Å². The maximum Gasteiger partial charge on any atom is 0.256 e. The first kappa shape index (κ1) is 11.5. The third-order valence-electron chi connectivity index (χ3n) is 3.14. The Kier molecular flexibility index (Phi) is 2.80. The lowest BCUT2D eigenvalue weighted by Crippen LogP contribution is -2.13. The molecule has 0 aliphatic heterocycles. The van der Waals surface area contributed by atoms with Crippen LogP contribution in [0, 0.1) is 6.92 Å². The van der Waals surface area contributed by atoms with Crippen LogP contribution < -0.4 is 5.32 Å². The zero-order chi connectivity index (χ0) is 13.2. The minimum absolute atomic E-state index is 0.0902. The van der Waals surface area contributed by atoms with Gasteiger partial charge in [0, 0.05) is 17.3 Å². The second-order valence-corrected chi connectivity index (χ2v) is 4.49. The van der Waals surface area contributed by atoms with Crippen LogP contribution in [-0.2, 0) is 0 Å². The van der Waals surface area contributed by atoms with E-state index in [-0.39, 0.29) is 5.91 Å². The van der Waals surface area contributed by atoms with Gasteiger partial charge >= 0.3 is 0 Å². The van der Waals surface area contributed by atoms with Gasteiger partial charge < -0.3 is 9.72 Å². The average Bonchev–Trinajstić information content (AvgIpc) is 2.76. The van der Waals surface area contributed by atoms with Crippen molar-refractivity contribution in [1.29, 1.82) is 0 Å². The van der Waals surface area contributed by atoms with E-state index in [9.17, 15) is 4.79 Å². The van der Waals surface area contributed by atoms with E-state index in [1.165, 1.54) is 0 Å². The Labute approximate surface area is 111 Å². The summed E-state index contributed by atoms with van der Waals surface area (Å²) in [4.78, 5) is 12.2. The summed E-state index contributed by atoms with van der Waals surface area (Å²) in [7, 11) is 0. The zero-order valence-electron chi connectivity index (χ0n) is 10.6. The van der Waals surface area contributed by atoms with Gasteiger partial charge in [0.2, 0.25) is 0 Å². The monoisotopic (exact) mass is 250 g/mol. The number of hydrogen-bond acceptors (Lipinski definition) is 1.